The number of aliphatic hydroxyl groups excluding tert-OH is 1. The predicted octanol–water partition coefficient (Wildman–Crippen LogP) is 2.64. The highest BCUT2D eigenvalue weighted by molar-refractivity contribution is 7.80. The van der Waals surface area contributed by atoms with Gasteiger partial charge in [0.2, 0.25) is 0 Å². The van der Waals surface area contributed by atoms with Gasteiger partial charge in [-0.15, -0.1) is 0 Å². The number of allylic oxidation sites excluding steroid dienone is 2. The molecule has 2 amide bonds. The number of rotatable bonds is 8. The molecule has 0 bridgehead atoms. The fourth-order valence-electron chi connectivity index (χ4n) is 4.18. The van der Waals surface area contributed by atoms with Gasteiger partial charge >= 0.3 is 0 Å². The van der Waals surface area contributed by atoms with E-state index in [0.29, 0.717) is 37.5 Å². The van der Waals surface area contributed by atoms with Crippen molar-refractivity contribution in [1.29, 1.82) is 0 Å². The lowest BCUT2D eigenvalue weighted by Gasteiger charge is -2.34. The van der Waals surface area contributed by atoms with Crippen molar-refractivity contribution in [3.05, 3.63) is 69.8 Å². The maximum atomic E-state index is 14.1. The number of aliphatic hydroxyl groups is 1. The summed E-state index contributed by atoms with van der Waals surface area (Å²) in [7, 11) is 1.65. The third-order valence-corrected chi connectivity index (χ3v) is 6.26. The van der Waals surface area contributed by atoms with Crippen LogP contribution in [0.1, 0.15) is 25.8 Å². The molecule has 1 fully saturated rings. The van der Waals surface area contributed by atoms with Crippen molar-refractivity contribution in [2.45, 2.75) is 32.9 Å². The fraction of sp³-hybridized carbons (Fsp3) is 0.417. The Morgan fingerprint density at radius 2 is 2.09 bits per heavy atom. The Kier molecular flexibility index (Phi) is 8.37. The SMILES string of the molecule is C/C=C1/C(O)=C(C(=O)N(C)CC)N2CCC(NCCS)C2=C1C(=O)NCc1ccc(F)cc1F. The Balaban J connectivity index is 2.02. The molecule has 1 atom stereocenters. The van der Waals surface area contributed by atoms with E-state index >= 15 is 0 Å². The second kappa shape index (κ2) is 11.1. The van der Waals surface area contributed by atoms with Gasteiger partial charge in [-0.1, -0.05) is 12.1 Å². The molecule has 0 aliphatic carbocycles. The van der Waals surface area contributed by atoms with E-state index < -0.39 is 17.5 Å². The predicted molar refractivity (Wildman–Crippen MR) is 129 cm³/mol. The number of nitrogens with zero attached hydrogens (tertiary/aromatic N) is 2. The number of benzene rings is 1. The number of likely N-dealkylation sites (N-methyl/N-ethyl adjacent to an activating group) is 1. The molecular formula is C24H30F2N4O3S. The summed E-state index contributed by atoms with van der Waals surface area (Å²) in [4.78, 5) is 29.7. The van der Waals surface area contributed by atoms with Gasteiger partial charge in [0.25, 0.3) is 11.8 Å². The monoisotopic (exact) mass is 492 g/mol. The molecule has 0 saturated carbocycles. The van der Waals surface area contributed by atoms with Crippen molar-refractivity contribution >= 4 is 24.4 Å². The standard InChI is InChI=1S/C24H30F2N4O3S/c1-4-16-19(23(32)28-13-14-6-7-15(25)12-17(14)26)20-18(27-9-11-34)8-10-30(20)21(22(16)31)24(33)29(3)5-2/h4,6-7,12,18,27,31,34H,5,8-11,13H2,1-3H3,(H,28,32)/b16-4+. The van der Waals surface area contributed by atoms with Crippen LogP contribution in [-0.4, -0.2) is 65.2 Å². The Morgan fingerprint density at radius 3 is 2.71 bits per heavy atom. The van der Waals surface area contributed by atoms with Crippen LogP contribution >= 0.6 is 12.6 Å². The number of carbonyl (C=O) groups is 2. The molecule has 184 valence electrons. The van der Waals surface area contributed by atoms with E-state index in [0.717, 1.165) is 12.1 Å². The van der Waals surface area contributed by atoms with E-state index in [1.807, 2.05) is 6.92 Å². The lowest BCUT2D eigenvalue weighted by Crippen LogP contribution is -2.43. The lowest BCUT2D eigenvalue weighted by atomic mass is 9.92. The van der Waals surface area contributed by atoms with Crippen molar-refractivity contribution in [3.63, 3.8) is 0 Å². The molecule has 10 heteroatoms. The van der Waals surface area contributed by atoms with Crippen LogP contribution in [0.3, 0.4) is 0 Å². The average molecular weight is 493 g/mol. The van der Waals surface area contributed by atoms with Crippen LogP contribution in [0.15, 0.2) is 52.6 Å². The maximum absolute atomic E-state index is 14.1. The molecule has 1 unspecified atom stereocenters. The minimum Gasteiger partial charge on any atom is -0.505 e. The van der Waals surface area contributed by atoms with Crippen LogP contribution in [0.2, 0.25) is 0 Å². The number of hydrogen-bond donors (Lipinski definition) is 4. The molecule has 2 aliphatic rings. The van der Waals surface area contributed by atoms with Gasteiger partial charge in [0.1, 0.15) is 17.3 Å². The summed E-state index contributed by atoms with van der Waals surface area (Å²) in [6.45, 7) is 4.81. The molecule has 0 aromatic heterocycles. The van der Waals surface area contributed by atoms with E-state index in [4.69, 9.17) is 0 Å². The van der Waals surface area contributed by atoms with Gasteiger partial charge in [-0.3, -0.25) is 9.59 Å². The summed E-state index contributed by atoms with van der Waals surface area (Å²) in [6.07, 6.45) is 2.20. The molecule has 2 heterocycles. The first kappa shape index (κ1) is 25.8. The number of halogens is 2. The minimum atomic E-state index is -0.762. The topological polar surface area (TPSA) is 84.9 Å². The normalized spacial score (nSPS) is 19.1. The van der Waals surface area contributed by atoms with Crippen LogP contribution in [-0.2, 0) is 16.1 Å². The van der Waals surface area contributed by atoms with Crippen LogP contribution in [0, 0.1) is 11.6 Å². The molecule has 34 heavy (non-hydrogen) atoms. The second-order valence-corrected chi connectivity index (χ2v) is 8.52. The Labute approximate surface area is 203 Å². The molecule has 3 N–H and O–H groups in total. The summed E-state index contributed by atoms with van der Waals surface area (Å²) in [6, 6.07) is 2.91. The van der Waals surface area contributed by atoms with Crippen LogP contribution in [0.4, 0.5) is 8.78 Å². The minimum absolute atomic E-state index is 0.128. The van der Waals surface area contributed by atoms with Crippen molar-refractivity contribution in [3.8, 4) is 0 Å². The second-order valence-electron chi connectivity index (χ2n) is 8.07. The highest BCUT2D eigenvalue weighted by atomic mass is 32.1. The summed E-state index contributed by atoms with van der Waals surface area (Å²) in [5.41, 5.74) is 1.29. The first-order valence-corrected chi connectivity index (χ1v) is 11.8. The van der Waals surface area contributed by atoms with E-state index in [1.165, 1.54) is 11.0 Å². The zero-order chi connectivity index (χ0) is 25.0. The summed E-state index contributed by atoms with van der Waals surface area (Å²) in [5, 5.41) is 17.1. The van der Waals surface area contributed by atoms with Crippen molar-refractivity contribution < 1.29 is 23.5 Å². The molecule has 1 aromatic rings. The molecule has 0 radical (unpaired) electrons. The van der Waals surface area contributed by atoms with Crippen molar-refractivity contribution in [1.82, 2.24) is 20.4 Å². The van der Waals surface area contributed by atoms with Crippen LogP contribution in [0.25, 0.3) is 0 Å². The van der Waals surface area contributed by atoms with Crippen LogP contribution < -0.4 is 10.6 Å². The number of amides is 2. The highest BCUT2D eigenvalue weighted by Crippen LogP contribution is 2.40. The van der Waals surface area contributed by atoms with Crippen LogP contribution in [0.5, 0.6) is 0 Å². The molecular weight excluding hydrogens is 462 g/mol. The largest absolute Gasteiger partial charge is 0.505 e. The molecule has 1 saturated heterocycles. The summed E-state index contributed by atoms with van der Waals surface area (Å²) in [5.74, 6) is -2.04. The zero-order valence-electron chi connectivity index (χ0n) is 19.5. The van der Waals surface area contributed by atoms with Gasteiger partial charge in [0.15, 0.2) is 5.76 Å². The van der Waals surface area contributed by atoms with E-state index in [1.54, 1.807) is 24.9 Å². The van der Waals surface area contributed by atoms with Gasteiger partial charge in [0, 0.05) is 61.9 Å². The first-order chi connectivity index (χ1) is 16.2. The van der Waals surface area contributed by atoms with Gasteiger partial charge < -0.3 is 25.5 Å². The van der Waals surface area contributed by atoms with Gasteiger partial charge in [-0.25, -0.2) is 8.78 Å². The van der Waals surface area contributed by atoms with E-state index in [-0.39, 0.29) is 46.7 Å². The molecule has 1 aromatic carbocycles. The van der Waals surface area contributed by atoms with Gasteiger partial charge in [-0.05, 0) is 26.3 Å². The summed E-state index contributed by atoms with van der Waals surface area (Å²) < 4.78 is 27.3. The third-order valence-electron chi connectivity index (χ3n) is 6.03. The number of fused-ring (bicyclic) bond motifs is 1. The smallest absolute Gasteiger partial charge is 0.274 e. The van der Waals surface area contributed by atoms with Crippen molar-refractivity contribution in [2.24, 2.45) is 0 Å². The van der Waals surface area contributed by atoms with Gasteiger partial charge in [-0.2, -0.15) is 12.6 Å². The highest BCUT2D eigenvalue weighted by Gasteiger charge is 2.43. The van der Waals surface area contributed by atoms with Crippen molar-refractivity contribution in [2.75, 3.05) is 32.4 Å². The number of nitrogens with one attached hydrogen (secondary N) is 2. The van der Waals surface area contributed by atoms with Gasteiger partial charge in [0.05, 0.1) is 11.6 Å². The molecule has 3 rings (SSSR count). The zero-order valence-corrected chi connectivity index (χ0v) is 20.4. The quantitative estimate of drug-likeness (QED) is 0.420. The molecule has 7 nitrogen and oxygen atoms in total. The number of carbonyl (C=O) groups excluding carboxylic acids is 2. The first-order valence-electron chi connectivity index (χ1n) is 11.2. The fourth-order valence-corrected chi connectivity index (χ4v) is 4.31. The van der Waals surface area contributed by atoms with E-state index in [9.17, 15) is 23.5 Å². The maximum Gasteiger partial charge on any atom is 0.274 e. The number of hydrogen-bond acceptors (Lipinski definition) is 6. The Morgan fingerprint density at radius 1 is 1.35 bits per heavy atom. The Hall–Kier alpha value is -2.85. The summed E-state index contributed by atoms with van der Waals surface area (Å²) >= 11 is 4.25. The third kappa shape index (κ3) is 4.97. The average Bonchev–Trinajstić information content (AvgIpc) is 3.23. The number of thiol groups is 1. The molecule has 0 spiro atoms. The lowest BCUT2D eigenvalue weighted by molar-refractivity contribution is -0.127. The molecule has 2 aliphatic heterocycles. The van der Waals surface area contributed by atoms with E-state index in [2.05, 4.69) is 23.3 Å². The Bertz CT molecular complexity index is 1070.